The van der Waals surface area contributed by atoms with E-state index >= 15 is 0 Å². The molecule has 140 valence electrons. The number of halogens is 2. The lowest BCUT2D eigenvalue weighted by atomic mass is 10.1. The highest BCUT2D eigenvalue weighted by atomic mass is 19.1. The van der Waals surface area contributed by atoms with E-state index in [1.54, 1.807) is 12.1 Å². The molecule has 3 rings (SSSR count). The molecule has 0 fully saturated rings. The average Bonchev–Trinajstić information content (AvgIpc) is 3.10. The molecule has 1 aliphatic rings. The summed E-state index contributed by atoms with van der Waals surface area (Å²) in [5.74, 6) is -1.78. The maximum absolute atomic E-state index is 13.1. The SMILES string of the molecule is NC(=O)C1CC(C(=O)NCCc2ccc(F)cc2)=NN1c1ccc(F)cc1. The van der Waals surface area contributed by atoms with Crippen LogP contribution in [-0.4, -0.2) is 30.1 Å². The average molecular weight is 372 g/mol. The fraction of sp³-hybridized carbons (Fsp3) is 0.211. The fourth-order valence-corrected chi connectivity index (χ4v) is 2.77. The summed E-state index contributed by atoms with van der Waals surface area (Å²) in [4.78, 5) is 24.1. The number of hydrogen-bond donors (Lipinski definition) is 2. The lowest BCUT2D eigenvalue weighted by Gasteiger charge is -2.20. The largest absolute Gasteiger partial charge is 0.368 e. The molecule has 1 unspecified atom stereocenters. The van der Waals surface area contributed by atoms with Gasteiger partial charge in [-0.15, -0.1) is 0 Å². The molecule has 0 saturated carbocycles. The molecule has 3 N–H and O–H groups in total. The highest BCUT2D eigenvalue weighted by Crippen LogP contribution is 2.24. The van der Waals surface area contributed by atoms with Crippen LogP contribution in [-0.2, 0) is 16.0 Å². The van der Waals surface area contributed by atoms with Gasteiger partial charge >= 0.3 is 0 Å². The number of nitrogens with zero attached hydrogens (tertiary/aromatic N) is 2. The quantitative estimate of drug-likeness (QED) is 0.810. The Bertz CT molecular complexity index is 866. The van der Waals surface area contributed by atoms with Crippen LogP contribution < -0.4 is 16.1 Å². The van der Waals surface area contributed by atoms with Gasteiger partial charge in [-0.1, -0.05) is 12.1 Å². The van der Waals surface area contributed by atoms with Crippen LogP contribution in [0.4, 0.5) is 14.5 Å². The van der Waals surface area contributed by atoms with Gasteiger partial charge in [0.1, 0.15) is 23.4 Å². The third-order valence-electron chi connectivity index (χ3n) is 4.20. The van der Waals surface area contributed by atoms with E-state index in [0.717, 1.165) is 5.56 Å². The molecule has 2 aromatic rings. The molecule has 2 aromatic carbocycles. The number of carbonyl (C=O) groups is 2. The minimum atomic E-state index is -0.812. The van der Waals surface area contributed by atoms with Crippen molar-refractivity contribution in [2.45, 2.75) is 18.9 Å². The van der Waals surface area contributed by atoms with Crippen LogP contribution in [0, 0.1) is 11.6 Å². The lowest BCUT2D eigenvalue weighted by molar-refractivity contribution is -0.119. The minimum absolute atomic E-state index is 0.0646. The maximum Gasteiger partial charge on any atom is 0.267 e. The van der Waals surface area contributed by atoms with Crippen LogP contribution in [0.15, 0.2) is 53.6 Å². The second-order valence-corrected chi connectivity index (χ2v) is 6.12. The predicted octanol–water partition coefficient (Wildman–Crippen LogP) is 1.74. The van der Waals surface area contributed by atoms with Gasteiger partial charge in [-0.2, -0.15) is 5.10 Å². The van der Waals surface area contributed by atoms with E-state index in [2.05, 4.69) is 10.4 Å². The van der Waals surface area contributed by atoms with Crippen LogP contribution in [0.2, 0.25) is 0 Å². The zero-order chi connectivity index (χ0) is 19.4. The molecule has 1 aliphatic heterocycles. The summed E-state index contributed by atoms with van der Waals surface area (Å²) in [5, 5.41) is 8.25. The molecule has 0 saturated heterocycles. The van der Waals surface area contributed by atoms with E-state index < -0.39 is 23.7 Å². The standard InChI is InChI=1S/C19H18F2N4O2/c20-13-3-1-12(2-4-13)9-10-23-19(27)16-11-17(18(22)26)25(24-16)15-7-5-14(21)6-8-15/h1-8,17H,9-11H2,(H2,22,26)(H,23,27). The Hall–Kier alpha value is -3.29. The molecular weight excluding hydrogens is 354 g/mol. The molecule has 0 spiro atoms. The lowest BCUT2D eigenvalue weighted by Crippen LogP contribution is -2.40. The Balaban J connectivity index is 1.65. The third-order valence-corrected chi connectivity index (χ3v) is 4.20. The van der Waals surface area contributed by atoms with Crippen molar-refractivity contribution in [1.29, 1.82) is 0 Å². The number of hydrogen-bond acceptors (Lipinski definition) is 4. The first-order valence-corrected chi connectivity index (χ1v) is 8.38. The van der Waals surface area contributed by atoms with Crippen molar-refractivity contribution in [3.05, 3.63) is 65.7 Å². The third kappa shape index (κ3) is 4.46. The molecule has 1 atom stereocenters. The van der Waals surface area contributed by atoms with E-state index in [-0.39, 0.29) is 17.9 Å². The Morgan fingerprint density at radius 1 is 1.07 bits per heavy atom. The van der Waals surface area contributed by atoms with Crippen LogP contribution in [0.1, 0.15) is 12.0 Å². The highest BCUT2D eigenvalue weighted by molar-refractivity contribution is 6.40. The number of benzene rings is 2. The normalized spacial score (nSPS) is 16.1. The van der Waals surface area contributed by atoms with Crippen LogP contribution in [0.25, 0.3) is 0 Å². The number of rotatable bonds is 6. The fourth-order valence-electron chi connectivity index (χ4n) is 2.77. The predicted molar refractivity (Wildman–Crippen MR) is 97.0 cm³/mol. The molecule has 1 heterocycles. The van der Waals surface area contributed by atoms with Gasteiger partial charge in [0.05, 0.1) is 5.69 Å². The molecule has 0 radical (unpaired) electrons. The van der Waals surface area contributed by atoms with E-state index in [1.165, 1.54) is 41.4 Å². The summed E-state index contributed by atoms with van der Waals surface area (Å²) in [7, 11) is 0. The molecule has 27 heavy (non-hydrogen) atoms. The number of hydrazone groups is 1. The molecule has 0 aromatic heterocycles. The first-order valence-electron chi connectivity index (χ1n) is 8.38. The van der Waals surface area contributed by atoms with Gasteiger partial charge in [0.25, 0.3) is 5.91 Å². The van der Waals surface area contributed by atoms with Gasteiger partial charge in [-0.3, -0.25) is 14.6 Å². The number of primary amides is 1. The molecule has 0 aliphatic carbocycles. The first-order chi connectivity index (χ1) is 12.9. The molecule has 2 amide bonds. The summed E-state index contributed by atoms with van der Waals surface area (Å²) in [6.07, 6.45) is 0.593. The van der Waals surface area contributed by atoms with Gasteiger partial charge in [0, 0.05) is 13.0 Å². The molecular formula is C19H18F2N4O2. The summed E-state index contributed by atoms with van der Waals surface area (Å²) < 4.78 is 26.0. The van der Waals surface area contributed by atoms with Crippen molar-refractivity contribution in [1.82, 2.24) is 5.32 Å². The smallest absolute Gasteiger partial charge is 0.267 e. The van der Waals surface area contributed by atoms with Crippen molar-refractivity contribution in [2.75, 3.05) is 11.6 Å². The topological polar surface area (TPSA) is 87.8 Å². The number of carbonyl (C=O) groups excluding carboxylic acids is 2. The Labute approximate surface area is 154 Å². The van der Waals surface area contributed by atoms with Crippen molar-refractivity contribution in [2.24, 2.45) is 10.8 Å². The van der Waals surface area contributed by atoms with Crippen molar-refractivity contribution in [3.8, 4) is 0 Å². The summed E-state index contributed by atoms with van der Waals surface area (Å²) >= 11 is 0. The maximum atomic E-state index is 13.1. The van der Waals surface area contributed by atoms with Gasteiger partial charge in [0.15, 0.2) is 0 Å². The van der Waals surface area contributed by atoms with E-state index in [9.17, 15) is 18.4 Å². The van der Waals surface area contributed by atoms with Crippen molar-refractivity contribution in [3.63, 3.8) is 0 Å². The Morgan fingerprint density at radius 2 is 1.67 bits per heavy atom. The van der Waals surface area contributed by atoms with Crippen LogP contribution >= 0.6 is 0 Å². The molecule has 8 heteroatoms. The Kier molecular flexibility index (Phi) is 5.44. The highest BCUT2D eigenvalue weighted by Gasteiger charge is 2.34. The van der Waals surface area contributed by atoms with E-state index in [4.69, 9.17) is 5.73 Å². The van der Waals surface area contributed by atoms with Gasteiger partial charge < -0.3 is 11.1 Å². The Morgan fingerprint density at radius 3 is 2.26 bits per heavy atom. The molecule has 0 bridgehead atoms. The number of nitrogens with two attached hydrogens (primary N) is 1. The van der Waals surface area contributed by atoms with E-state index in [0.29, 0.717) is 18.7 Å². The number of anilines is 1. The van der Waals surface area contributed by atoms with Crippen molar-refractivity contribution < 1.29 is 18.4 Å². The summed E-state index contributed by atoms with van der Waals surface area (Å²) in [6.45, 7) is 0.335. The number of amides is 2. The second-order valence-electron chi connectivity index (χ2n) is 6.12. The second kappa shape index (κ2) is 7.94. The van der Waals surface area contributed by atoms with Gasteiger partial charge in [0.2, 0.25) is 5.91 Å². The van der Waals surface area contributed by atoms with E-state index in [1.807, 2.05) is 0 Å². The number of nitrogens with one attached hydrogen (secondary N) is 1. The van der Waals surface area contributed by atoms with Crippen molar-refractivity contribution >= 4 is 23.2 Å². The monoisotopic (exact) mass is 372 g/mol. The zero-order valence-corrected chi connectivity index (χ0v) is 14.4. The molecule has 6 nitrogen and oxygen atoms in total. The van der Waals surface area contributed by atoms with Crippen LogP contribution in [0.3, 0.4) is 0 Å². The van der Waals surface area contributed by atoms with Gasteiger partial charge in [-0.05, 0) is 48.4 Å². The minimum Gasteiger partial charge on any atom is -0.368 e. The van der Waals surface area contributed by atoms with Crippen LogP contribution in [0.5, 0.6) is 0 Å². The zero-order valence-electron chi connectivity index (χ0n) is 14.4. The van der Waals surface area contributed by atoms with Gasteiger partial charge in [-0.25, -0.2) is 8.78 Å². The summed E-state index contributed by atoms with van der Waals surface area (Å²) in [5.41, 5.74) is 6.93. The first kappa shape index (κ1) is 18.5. The summed E-state index contributed by atoms with van der Waals surface area (Å²) in [6, 6.07) is 10.6.